The Bertz CT molecular complexity index is 770. The van der Waals surface area contributed by atoms with Gasteiger partial charge >= 0.3 is 5.97 Å². The van der Waals surface area contributed by atoms with Gasteiger partial charge in [-0.05, 0) is 36.4 Å². The van der Waals surface area contributed by atoms with Gasteiger partial charge in [-0.2, -0.15) is 0 Å². The molecule has 23 heavy (non-hydrogen) atoms. The molecule has 0 fully saturated rings. The van der Waals surface area contributed by atoms with Crippen molar-refractivity contribution in [3.8, 4) is 0 Å². The lowest BCUT2D eigenvalue weighted by Crippen LogP contribution is -2.21. The third-order valence-corrected chi connectivity index (χ3v) is 3.50. The Balaban J connectivity index is 1.96. The van der Waals surface area contributed by atoms with Crippen LogP contribution >= 0.6 is 27.5 Å². The summed E-state index contributed by atoms with van der Waals surface area (Å²) in [4.78, 5) is 23.6. The lowest BCUT2D eigenvalue weighted by atomic mass is 10.2. The van der Waals surface area contributed by atoms with Crippen molar-refractivity contribution in [2.24, 2.45) is 0 Å². The minimum atomic E-state index is -0.754. The van der Waals surface area contributed by atoms with E-state index in [4.69, 9.17) is 22.1 Å². The molecular formula is C15H11BrClFN2O3. The average Bonchev–Trinajstić information content (AvgIpc) is 2.50. The lowest BCUT2D eigenvalue weighted by molar-refractivity contribution is -0.119. The number of nitrogen functional groups attached to an aromatic ring is 1. The highest BCUT2D eigenvalue weighted by atomic mass is 79.9. The normalized spacial score (nSPS) is 10.2. The number of amides is 1. The van der Waals surface area contributed by atoms with E-state index >= 15 is 0 Å². The van der Waals surface area contributed by atoms with Crippen molar-refractivity contribution < 1.29 is 18.7 Å². The molecular weight excluding hydrogens is 391 g/mol. The number of hydrogen-bond acceptors (Lipinski definition) is 4. The van der Waals surface area contributed by atoms with Crippen molar-refractivity contribution in [3.63, 3.8) is 0 Å². The first kappa shape index (κ1) is 17.2. The van der Waals surface area contributed by atoms with Crippen LogP contribution in [0.25, 0.3) is 0 Å². The third-order valence-electron chi connectivity index (χ3n) is 2.77. The fourth-order valence-electron chi connectivity index (χ4n) is 1.69. The van der Waals surface area contributed by atoms with Gasteiger partial charge in [0.1, 0.15) is 5.82 Å². The number of carbonyl (C=O) groups is 2. The van der Waals surface area contributed by atoms with Crippen LogP contribution in [-0.2, 0) is 9.53 Å². The summed E-state index contributed by atoms with van der Waals surface area (Å²) < 4.78 is 19.0. The second-order valence-corrected chi connectivity index (χ2v) is 5.83. The van der Waals surface area contributed by atoms with Gasteiger partial charge < -0.3 is 15.8 Å². The maximum absolute atomic E-state index is 13.5. The summed E-state index contributed by atoms with van der Waals surface area (Å²) in [5.74, 6) is -2.13. The highest BCUT2D eigenvalue weighted by Crippen LogP contribution is 2.20. The Morgan fingerprint density at radius 3 is 2.70 bits per heavy atom. The predicted molar refractivity (Wildman–Crippen MR) is 88.9 cm³/mol. The number of ether oxygens (including phenoxy) is 1. The summed E-state index contributed by atoms with van der Waals surface area (Å²) in [5, 5.41) is 2.49. The van der Waals surface area contributed by atoms with Gasteiger partial charge in [0.25, 0.3) is 5.91 Å². The Morgan fingerprint density at radius 2 is 2.00 bits per heavy atom. The molecule has 0 unspecified atom stereocenters. The fraction of sp³-hybridized carbons (Fsp3) is 0.0667. The van der Waals surface area contributed by atoms with Crippen LogP contribution in [0.2, 0.25) is 5.02 Å². The summed E-state index contributed by atoms with van der Waals surface area (Å²) in [6, 6.07) is 8.48. The minimum Gasteiger partial charge on any atom is -0.452 e. The van der Waals surface area contributed by atoms with E-state index in [1.165, 1.54) is 24.3 Å². The van der Waals surface area contributed by atoms with Crippen LogP contribution in [-0.4, -0.2) is 18.5 Å². The summed E-state index contributed by atoms with van der Waals surface area (Å²) in [7, 11) is 0. The first-order chi connectivity index (χ1) is 10.9. The number of esters is 1. The largest absolute Gasteiger partial charge is 0.452 e. The molecule has 0 atom stereocenters. The van der Waals surface area contributed by atoms with Gasteiger partial charge in [0.05, 0.1) is 11.3 Å². The number of nitrogens with one attached hydrogen (secondary N) is 1. The van der Waals surface area contributed by atoms with E-state index in [9.17, 15) is 14.0 Å². The second kappa shape index (κ2) is 7.43. The van der Waals surface area contributed by atoms with Gasteiger partial charge in [-0.3, -0.25) is 4.79 Å². The van der Waals surface area contributed by atoms with Crippen LogP contribution in [0.4, 0.5) is 15.8 Å². The zero-order valence-corrected chi connectivity index (χ0v) is 13.9. The molecule has 0 bridgehead atoms. The summed E-state index contributed by atoms with van der Waals surface area (Å²) in [6.45, 7) is -0.577. The van der Waals surface area contributed by atoms with E-state index in [0.29, 0.717) is 4.47 Å². The number of halogens is 3. The van der Waals surface area contributed by atoms with Crippen LogP contribution in [0.5, 0.6) is 0 Å². The van der Waals surface area contributed by atoms with Crippen LogP contribution in [0.1, 0.15) is 10.4 Å². The number of carbonyl (C=O) groups excluding carboxylic acids is 2. The van der Waals surface area contributed by atoms with E-state index in [2.05, 4.69) is 21.2 Å². The molecule has 0 aliphatic carbocycles. The number of nitrogens with two attached hydrogens (primary N) is 1. The van der Waals surface area contributed by atoms with Crippen LogP contribution in [0.15, 0.2) is 40.9 Å². The Kier molecular flexibility index (Phi) is 5.57. The molecule has 3 N–H and O–H groups in total. The molecule has 8 heteroatoms. The van der Waals surface area contributed by atoms with Gasteiger partial charge in [-0.15, -0.1) is 0 Å². The van der Waals surface area contributed by atoms with Crippen molar-refractivity contribution in [2.45, 2.75) is 0 Å². The highest BCUT2D eigenvalue weighted by Gasteiger charge is 2.14. The quantitative estimate of drug-likeness (QED) is 0.606. The molecule has 0 aromatic heterocycles. The summed E-state index contributed by atoms with van der Waals surface area (Å²) in [5.41, 5.74) is 5.97. The second-order valence-electron chi connectivity index (χ2n) is 4.48. The number of anilines is 2. The van der Waals surface area contributed by atoms with E-state index in [1.54, 1.807) is 6.07 Å². The molecule has 5 nitrogen and oxygen atoms in total. The Morgan fingerprint density at radius 1 is 1.26 bits per heavy atom. The highest BCUT2D eigenvalue weighted by molar-refractivity contribution is 9.10. The zero-order valence-electron chi connectivity index (χ0n) is 11.6. The van der Waals surface area contributed by atoms with Crippen molar-refractivity contribution in [2.75, 3.05) is 17.7 Å². The van der Waals surface area contributed by atoms with Crippen LogP contribution in [0, 0.1) is 5.82 Å². The van der Waals surface area contributed by atoms with Gasteiger partial charge in [-0.1, -0.05) is 27.5 Å². The molecule has 2 aromatic carbocycles. The Labute approximate surface area is 144 Å². The molecule has 0 spiro atoms. The first-order valence-corrected chi connectivity index (χ1v) is 7.51. The van der Waals surface area contributed by atoms with Crippen molar-refractivity contribution in [3.05, 3.63) is 57.3 Å². The fourth-order valence-corrected chi connectivity index (χ4v) is 2.21. The molecule has 0 aliphatic rings. The predicted octanol–water partition coefficient (Wildman–Crippen LogP) is 3.62. The molecule has 2 rings (SSSR count). The standard InChI is InChI=1S/C15H11BrClFN2O3/c16-8-1-3-12(19)10(5-8)15(22)23-7-14(21)20-13-4-2-9(17)6-11(13)18/h1-6H,7,19H2,(H,20,21). The monoisotopic (exact) mass is 400 g/mol. The van der Waals surface area contributed by atoms with Crippen molar-refractivity contribution in [1.82, 2.24) is 0 Å². The molecule has 0 heterocycles. The van der Waals surface area contributed by atoms with E-state index in [0.717, 1.165) is 6.07 Å². The minimum absolute atomic E-state index is 0.0579. The molecule has 0 radical (unpaired) electrons. The Hall–Kier alpha value is -2.12. The maximum atomic E-state index is 13.5. The molecule has 0 saturated heterocycles. The van der Waals surface area contributed by atoms with Gasteiger partial charge in [0, 0.05) is 15.2 Å². The van der Waals surface area contributed by atoms with Crippen molar-refractivity contribution in [1.29, 1.82) is 0 Å². The SMILES string of the molecule is Nc1ccc(Br)cc1C(=O)OCC(=O)Nc1ccc(Cl)cc1F. The molecule has 120 valence electrons. The van der Waals surface area contributed by atoms with E-state index in [1.807, 2.05) is 0 Å². The smallest absolute Gasteiger partial charge is 0.340 e. The lowest BCUT2D eigenvalue weighted by Gasteiger charge is -2.09. The van der Waals surface area contributed by atoms with Crippen LogP contribution in [0.3, 0.4) is 0 Å². The first-order valence-electron chi connectivity index (χ1n) is 6.34. The molecule has 1 amide bonds. The average molecular weight is 402 g/mol. The number of rotatable bonds is 4. The van der Waals surface area contributed by atoms with Gasteiger partial charge in [-0.25, -0.2) is 9.18 Å². The van der Waals surface area contributed by atoms with E-state index in [-0.39, 0.29) is 22.0 Å². The van der Waals surface area contributed by atoms with Crippen molar-refractivity contribution >= 4 is 50.8 Å². The van der Waals surface area contributed by atoms with Crippen LogP contribution < -0.4 is 11.1 Å². The maximum Gasteiger partial charge on any atom is 0.340 e. The summed E-state index contributed by atoms with van der Waals surface area (Å²) >= 11 is 8.82. The van der Waals surface area contributed by atoms with Gasteiger partial charge in [0.15, 0.2) is 6.61 Å². The third kappa shape index (κ3) is 4.67. The number of hydrogen-bond donors (Lipinski definition) is 2. The topological polar surface area (TPSA) is 81.4 Å². The summed E-state index contributed by atoms with van der Waals surface area (Å²) in [6.07, 6.45) is 0. The van der Waals surface area contributed by atoms with E-state index < -0.39 is 24.3 Å². The molecule has 0 saturated carbocycles. The zero-order chi connectivity index (χ0) is 17.0. The molecule has 0 aliphatic heterocycles. The number of benzene rings is 2. The van der Waals surface area contributed by atoms with Gasteiger partial charge in [0.2, 0.25) is 0 Å². The molecule has 2 aromatic rings.